The first-order valence-corrected chi connectivity index (χ1v) is 11.6. The normalized spacial score (nSPS) is 12.3. The summed E-state index contributed by atoms with van der Waals surface area (Å²) in [4.78, 5) is 38.7. The molecule has 0 saturated heterocycles. The van der Waals surface area contributed by atoms with Crippen LogP contribution in [-0.2, 0) is 4.79 Å². The molecule has 4 rings (SSSR count). The number of ether oxygens (including phenoxy) is 2. The van der Waals surface area contributed by atoms with Crippen molar-refractivity contribution in [2.24, 2.45) is 5.10 Å². The number of benzene rings is 3. The summed E-state index contributed by atoms with van der Waals surface area (Å²) in [5.74, 6) is -0.804. The largest absolute Gasteiger partial charge is 0.454 e. The van der Waals surface area contributed by atoms with Gasteiger partial charge in [0, 0.05) is 19.8 Å². The molecule has 0 aromatic heterocycles. The maximum atomic E-state index is 13.0. The zero-order chi connectivity index (χ0) is 27.2. The van der Waals surface area contributed by atoms with E-state index in [1.807, 2.05) is 31.1 Å². The van der Waals surface area contributed by atoms with E-state index in [1.165, 1.54) is 24.3 Å². The van der Waals surface area contributed by atoms with Crippen LogP contribution in [0.25, 0.3) is 6.08 Å². The van der Waals surface area contributed by atoms with E-state index in [2.05, 4.69) is 15.8 Å². The molecule has 194 valence electrons. The number of rotatable bonds is 8. The molecule has 38 heavy (non-hydrogen) atoms. The third-order valence-corrected chi connectivity index (χ3v) is 5.75. The molecule has 3 aromatic carbocycles. The molecule has 1 heterocycles. The van der Waals surface area contributed by atoms with Gasteiger partial charge >= 0.3 is 0 Å². The topological polar surface area (TPSA) is 135 Å². The highest BCUT2D eigenvalue weighted by molar-refractivity contribution is 6.34. The van der Waals surface area contributed by atoms with Crippen LogP contribution in [0.5, 0.6) is 11.5 Å². The van der Waals surface area contributed by atoms with Gasteiger partial charge < -0.3 is 19.7 Å². The Morgan fingerprint density at radius 3 is 2.42 bits per heavy atom. The smallest absolute Gasteiger partial charge is 0.287 e. The number of hydrogen-bond acceptors (Lipinski definition) is 8. The summed E-state index contributed by atoms with van der Waals surface area (Å²) in [6.45, 7) is -0.0569. The molecule has 1 aliphatic rings. The molecule has 0 fully saturated rings. The molecule has 0 unspecified atom stereocenters. The fourth-order valence-electron chi connectivity index (χ4n) is 3.46. The number of fused-ring (bicyclic) bond motifs is 1. The second kappa shape index (κ2) is 11.4. The van der Waals surface area contributed by atoms with Crippen molar-refractivity contribution in [1.82, 2.24) is 10.7 Å². The Morgan fingerprint density at radius 2 is 1.76 bits per heavy atom. The van der Waals surface area contributed by atoms with Gasteiger partial charge in [0.05, 0.1) is 33.4 Å². The van der Waals surface area contributed by atoms with Gasteiger partial charge in [-0.3, -0.25) is 19.7 Å². The molecule has 0 saturated carbocycles. The van der Waals surface area contributed by atoms with Crippen molar-refractivity contribution in [2.75, 3.05) is 25.8 Å². The van der Waals surface area contributed by atoms with E-state index < -0.39 is 16.7 Å². The lowest BCUT2D eigenvalue weighted by molar-refractivity contribution is -0.385. The maximum absolute atomic E-state index is 13.0. The van der Waals surface area contributed by atoms with Gasteiger partial charge in [-0.05, 0) is 42.0 Å². The summed E-state index contributed by atoms with van der Waals surface area (Å²) in [5.41, 5.74) is 3.74. The molecule has 0 spiro atoms. The van der Waals surface area contributed by atoms with E-state index in [1.54, 1.807) is 30.3 Å². The van der Waals surface area contributed by atoms with Crippen molar-refractivity contribution in [3.63, 3.8) is 0 Å². The molecule has 0 bridgehead atoms. The average molecular weight is 536 g/mol. The van der Waals surface area contributed by atoms with Crippen molar-refractivity contribution in [3.8, 4) is 11.5 Å². The number of nitrogens with one attached hydrogen (secondary N) is 2. The summed E-state index contributed by atoms with van der Waals surface area (Å²) in [6, 6.07) is 16.3. The summed E-state index contributed by atoms with van der Waals surface area (Å²) < 4.78 is 10.4. The van der Waals surface area contributed by atoms with E-state index >= 15 is 0 Å². The lowest BCUT2D eigenvalue weighted by Gasteiger charge is -2.13. The van der Waals surface area contributed by atoms with Gasteiger partial charge in [0.2, 0.25) is 6.79 Å². The zero-order valence-corrected chi connectivity index (χ0v) is 21.1. The second-order valence-electron chi connectivity index (χ2n) is 8.20. The Bertz CT molecular complexity index is 1450. The number of hydrogen-bond donors (Lipinski definition) is 2. The second-order valence-corrected chi connectivity index (χ2v) is 8.61. The number of amides is 2. The van der Waals surface area contributed by atoms with Crippen LogP contribution in [0, 0.1) is 10.1 Å². The number of nitrogens with zero attached hydrogens (tertiary/aromatic N) is 3. The van der Waals surface area contributed by atoms with E-state index in [4.69, 9.17) is 21.1 Å². The van der Waals surface area contributed by atoms with Gasteiger partial charge in [-0.1, -0.05) is 35.9 Å². The molecule has 0 aliphatic carbocycles. The molecule has 0 radical (unpaired) electrons. The third kappa shape index (κ3) is 6.08. The van der Waals surface area contributed by atoms with Crippen molar-refractivity contribution < 1.29 is 24.0 Å². The standard InChI is InChI=1S/C26H22ClN5O6/c1-31(2)18-9-7-16(8-10-18)11-21(29-25(33)19-5-3-4-6-20(19)27)26(34)30-28-14-17-12-23-24(38-15-37-23)13-22(17)32(35)36/h3-14H,15H2,1-2H3,(H,29,33)(H,30,34)/b21-11+,28-14-. The monoisotopic (exact) mass is 535 g/mol. The number of halogens is 1. The Balaban J connectivity index is 1.59. The number of carbonyl (C=O) groups is 2. The van der Waals surface area contributed by atoms with Gasteiger partial charge in [0.1, 0.15) is 5.70 Å². The molecule has 2 amide bonds. The predicted octanol–water partition coefficient (Wildman–Crippen LogP) is 3.96. The number of carbonyl (C=O) groups excluding carboxylic acids is 2. The van der Waals surface area contributed by atoms with Crippen molar-refractivity contribution in [3.05, 3.63) is 98.2 Å². The Hall–Kier alpha value is -4.90. The first kappa shape index (κ1) is 26.2. The van der Waals surface area contributed by atoms with Gasteiger partial charge in [-0.25, -0.2) is 5.43 Å². The molecule has 3 aromatic rings. The van der Waals surface area contributed by atoms with E-state index in [9.17, 15) is 19.7 Å². The first-order chi connectivity index (χ1) is 18.2. The fraction of sp³-hybridized carbons (Fsp3) is 0.115. The molecule has 12 heteroatoms. The lowest BCUT2D eigenvalue weighted by Crippen LogP contribution is -2.33. The third-order valence-electron chi connectivity index (χ3n) is 5.42. The number of nitro benzene ring substituents is 1. The van der Waals surface area contributed by atoms with Crippen LogP contribution in [0.15, 0.2) is 71.5 Å². The number of anilines is 1. The molecular weight excluding hydrogens is 514 g/mol. The van der Waals surface area contributed by atoms with Crippen LogP contribution in [0.2, 0.25) is 5.02 Å². The SMILES string of the molecule is CN(C)c1ccc(/C=C(/NC(=O)c2ccccc2Cl)C(=O)N/N=C\c2cc3c(cc2[N+](=O)[O-])OCO3)cc1. The number of nitro groups is 1. The number of hydrazone groups is 1. The van der Waals surface area contributed by atoms with Crippen molar-refractivity contribution >= 4 is 47.1 Å². The molecule has 2 N–H and O–H groups in total. The quantitative estimate of drug-likeness (QED) is 0.193. The highest BCUT2D eigenvalue weighted by atomic mass is 35.5. The first-order valence-electron chi connectivity index (χ1n) is 11.2. The summed E-state index contributed by atoms with van der Waals surface area (Å²) >= 11 is 6.14. The molecule has 1 aliphatic heterocycles. The van der Waals surface area contributed by atoms with Crippen LogP contribution < -0.4 is 25.1 Å². The van der Waals surface area contributed by atoms with E-state index in [0.717, 1.165) is 11.9 Å². The highest BCUT2D eigenvalue weighted by Gasteiger charge is 2.23. The average Bonchev–Trinajstić information content (AvgIpc) is 3.35. The minimum atomic E-state index is -0.762. The Morgan fingerprint density at radius 1 is 1.08 bits per heavy atom. The molecule has 11 nitrogen and oxygen atoms in total. The van der Waals surface area contributed by atoms with Crippen LogP contribution in [0.1, 0.15) is 21.5 Å². The van der Waals surface area contributed by atoms with Gasteiger partial charge in [0.25, 0.3) is 17.5 Å². The Kier molecular flexibility index (Phi) is 7.88. The molecular formula is C26H22ClN5O6. The summed E-state index contributed by atoms with van der Waals surface area (Å²) in [7, 11) is 3.80. The van der Waals surface area contributed by atoms with Crippen LogP contribution in [0.4, 0.5) is 11.4 Å². The Labute approximate surface area is 222 Å². The summed E-state index contributed by atoms with van der Waals surface area (Å²) in [6.07, 6.45) is 2.58. The van der Waals surface area contributed by atoms with Gasteiger partial charge in [-0.2, -0.15) is 5.10 Å². The lowest BCUT2D eigenvalue weighted by atomic mass is 10.1. The van der Waals surface area contributed by atoms with Crippen LogP contribution in [-0.4, -0.2) is 43.8 Å². The minimum absolute atomic E-state index is 0.0569. The van der Waals surface area contributed by atoms with Crippen LogP contribution in [0.3, 0.4) is 0 Å². The highest BCUT2D eigenvalue weighted by Crippen LogP contribution is 2.37. The van der Waals surface area contributed by atoms with Crippen molar-refractivity contribution in [1.29, 1.82) is 0 Å². The zero-order valence-electron chi connectivity index (χ0n) is 20.3. The molecule has 0 atom stereocenters. The summed E-state index contributed by atoms with van der Waals surface area (Å²) in [5, 5.41) is 18.1. The van der Waals surface area contributed by atoms with Crippen molar-refractivity contribution in [2.45, 2.75) is 0 Å². The fourth-order valence-corrected chi connectivity index (χ4v) is 3.68. The van der Waals surface area contributed by atoms with Gasteiger partial charge in [-0.15, -0.1) is 0 Å². The van der Waals surface area contributed by atoms with E-state index in [-0.39, 0.29) is 40.1 Å². The predicted molar refractivity (Wildman–Crippen MR) is 143 cm³/mol. The minimum Gasteiger partial charge on any atom is -0.454 e. The van der Waals surface area contributed by atoms with E-state index in [0.29, 0.717) is 11.3 Å². The van der Waals surface area contributed by atoms with Crippen LogP contribution >= 0.6 is 11.6 Å². The van der Waals surface area contributed by atoms with Gasteiger partial charge in [0.15, 0.2) is 11.5 Å². The maximum Gasteiger partial charge on any atom is 0.287 e.